The molecule has 2 aromatic rings. The third kappa shape index (κ3) is 5.02. The number of carbonyl (C=O) groups is 4. The molecule has 0 saturated carbocycles. The van der Waals surface area contributed by atoms with Crippen LogP contribution in [-0.2, 0) is 25.5 Å². The van der Waals surface area contributed by atoms with Gasteiger partial charge in [-0.2, -0.15) is 0 Å². The minimum atomic E-state index is -0.660. The Bertz CT molecular complexity index is 969. The lowest BCUT2D eigenvalue weighted by Gasteiger charge is -2.26. The number of ether oxygens (including phenoxy) is 1. The second-order valence-electron chi connectivity index (χ2n) is 7.08. The largest absolute Gasteiger partial charge is 0.456 e. The van der Waals surface area contributed by atoms with E-state index in [1.165, 1.54) is 0 Å². The fraction of sp³-hybridized carbons (Fsp3) is 0.273. The minimum absolute atomic E-state index is 0.0849. The van der Waals surface area contributed by atoms with Gasteiger partial charge in [-0.1, -0.05) is 18.2 Å². The molecule has 0 unspecified atom stereocenters. The summed E-state index contributed by atoms with van der Waals surface area (Å²) < 4.78 is 4.96. The molecule has 2 aromatic carbocycles. The monoisotopic (exact) mass is 409 g/mol. The number of nitrogens with zero attached hydrogens (tertiary/aromatic N) is 2. The third-order valence-corrected chi connectivity index (χ3v) is 4.71. The van der Waals surface area contributed by atoms with Crippen LogP contribution in [0.1, 0.15) is 22.3 Å². The molecule has 1 aliphatic heterocycles. The highest BCUT2D eigenvalue weighted by Gasteiger charge is 2.30. The lowest BCUT2D eigenvalue weighted by molar-refractivity contribution is -0.147. The number of anilines is 2. The van der Waals surface area contributed by atoms with Crippen molar-refractivity contribution in [2.75, 3.05) is 37.5 Å². The minimum Gasteiger partial charge on any atom is -0.456 e. The number of benzene rings is 2. The first-order valence-corrected chi connectivity index (χ1v) is 9.50. The molecule has 156 valence electrons. The topological polar surface area (TPSA) is 96.0 Å². The Morgan fingerprint density at radius 1 is 1.07 bits per heavy atom. The lowest BCUT2D eigenvalue weighted by atomic mass is 9.98. The van der Waals surface area contributed by atoms with Crippen molar-refractivity contribution in [1.29, 1.82) is 0 Å². The molecule has 0 aromatic heterocycles. The van der Waals surface area contributed by atoms with Crippen LogP contribution >= 0.6 is 0 Å². The van der Waals surface area contributed by atoms with Gasteiger partial charge in [-0.3, -0.25) is 24.1 Å². The molecular formula is C22H23N3O5. The Morgan fingerprint density at radius 2 is 1.77 bits per heavy atom. The molecular weight excluding hydrogens is 386 g/mol. The zero-order valence-electron chi connectivity index (χ0n) is 16.9. The van der Waals surface area contributed by atoms with Crippen molar-refractivity contribution in [3.63, 3.8) is 0 Å². The molecule has 1 aliphatic rings. The van der Waals surface area contributed by atoms with Gasteiger partial charge in [-0.15, -0.1) is 0 Å². The molecule has 30 heavy (non-hydrogen) atoms. The van der Waals surface area contributed by atoms with Crippen molar-refractivity contribution in [1.82, 2.24) is 4.90 Å². The van der Waals surface area contributed by atoms with Crippen LogP contribution in [0.15, 0.2) is 48.5 Å². The fourth-order valence-corrected chi connectivity index (χ4v) is 3.09. The fourth-order valence-electron chi connectivity index (χ4n) is 3.09. The molecule has 0 aliphatic carbocycles. The average molecular weight is 409 g/mol. The molecule has 0 radical (unpaired) electrons. The number of nitrogens with one attached hydrogen (secondary N) is 1. The maximum atomic E-state index is 12.5. The predicted molar refractivity (Wildman–Crippen MR) is 111 cm³/mol. The molecule has 0 bridgehead atoms. The third-order valence-electron chi connectivity index (χ3n) is 4.71. The molecule has 1 N–H and O–H groups in total. The zero-order valence-corrected chi connectivity index (χ0v) is 16.9. The van der Waals surface area contributed by atoms with Gasteiger partial charge in [0.15, 0.2) is 6.61 Å². The van der Waals surface area contributed by atoms with Crippen molar-refractivity contribution in [3.05, 3.63) is 59.7 Å². The van der Waals surface area contributed by atoms with Crippen LogP contribution in [0, 0.1) is 0 Å². The first-order valence-electron chi connectivity index (χ1n) is 9.50. The van der Waals surface area contributed by atoms with Gasteiger partial charge in [0.25, 0.3) is 11.8 Å². The number of hydrogen-bond donors (Lipinski definition) is 1. The van der Waals surface area contributed by atoms with E-state index in [4.69, 9.17) is 4.74 Å². The van der Waals surface area contributed by atoms with E-state index in [1.807, 2.05) is 31.1 Å². The normalized spacial score (nSPS) is 12.9. The maximum absolute atomic E-state index is 12.5. The second kappa shape index (κ2) is 9.21. The van der Waals surface area contributed by atoms with E-state index < -0.39 is 24.4 Å². The van der Waals surface area contributed by atoms with Gasteiger partial charge in [0.1, 0.15) is 0 Å². The highest BCUT2D eigenvalue weighted by molar-refractivity contribution is 6.09. The Kier molecular flexibility index (Phi) is 6.46. The van der Waals surface area contributed by atoms with E-state index in [0.717, 1.165) is 10.6 Å². The number of imide groups is 1. The maximum Gasteiger partial charge on any atom is 0.308 e. The number of rotatable bonds is 7. The van der Waals surface area contributed by atoms with E-state index in [-0.39, 0.29) is 25.3 Å². The highest BCUT2D eigenvalue weighted by Crippen LogP contribution is 2.20. The number of esters is 1. The average Bonchev–Trinajstić information content (AvgIpc) is 2.72. The zero-order chi connectivity index (χ0) is 21.7. The Hall–Kier alpha value is -3.68. The van der Waals surface area contributed by atoms with Crippen LogP contribution in [0.5, 0.6) is 0 Å². The molecule has 0 atom stereocenters. The summed E-state index contributed by atoms with van der Waals surface area (Å²) in [6, 6.07) is 14.1. The van der Waals surface area contributed by atoms with E-state index in [0.29, 0.717) is 16.8 Å². The van der Waals surface area contributed by atoms with Gasteiger partial charge in [0.05, 0.1) is 12.8 Å². The molecule has 3 rings (SSSR count). The molecule has 0 spiro atoms. The smallest absolute Gasteiger partial charge is 0.308 e. The molecule has 8 nitrogen and oxygen atoms in total. The highest BCUT2D eigenvalue weighted by atomic mass is 16.5. The molecule has 1 heterocycles. The standard InChI is InChI=1S/C22H23N3O5/c1-24(2)17-9-7-16(8-10-17)23-19(26)14-30-21(28)11-12-25-20(27)13-15-5-3-4-6-18(15)22(25)29/h3-10H,11-14H2,1-2H3,(H,23,26). The van der Waals surface area contributed by atoms with Crippen LogP contribution in [0.3, 0.4) is 0 Å². The summed E-state index contributed by atoms with van der Waals surface area (Å²) in [6.45, 7) is -0.530. The van der Waals surface area contributed by atoms with Crippen molar-refractivity contribution < 1.29 is 23.9 Å². The van der Waals surface area contributed by atoms with E-state index >= 15 is 0 Å². The van der Waals surface area contributed by atoms with Crippen molar-refractivity contribution in [2.45, 2.75) is 12.8 Å². The van der Waals surface area contributed by atoms with E-state index in [1.54, 1.807) is 36.4 Å². The molecule has 0 saturated heterocycles. The van der Waals surface area contributed by atoms with Crippen molar-refractivity contribution in [3.8, 4) is 0 Å². The van der Waals surface area contributed by atoms with Crippen LogP contribution in [0.4, 0.5) is 11.4 Å². The first kappa shape index (κ1) is 21.0. The Morgan fingerprint density at radius 3 is 2.47 bits per heavy atom. The Labute approximate surface area is 174 Å². The predicted octanol–water partition coefficient (Wildman–Crippen LogP) is 1.85. The summed E-state index contributed by atoms with van der Waals surface area (Å²) in [6.07, 6.45) is -0.0591. The first-order chi connectivity index (χ1) is 14.3. The number of hydrogen-bond acceptors (Lipinski definition) is 6. The summed E-state index contributed by atoms with van der Waals surface area (Å²) in [5, 5.41) is 2.64. The quantitative estimate of drug-likeness (QED) is 0.554. The van der Waals surface area contributed by atoms with Gasteiger partial charge in [-0.25, -0.2) is 0 Å². The van der Waals surface area contributed by atoms with Gasteiger partial charge in [0, 0.05) is 37.6 Å². The summed E-state index contributed by atoms with van der Waals surface area (Å²) in [5.41, 5.74) is 2.72. The van der Waals surface area contributed by atoms with E-state index in [2.05, 4.69) is 5.32 Å². The van der Waals surface area contributed by atoms with Gasteiger partial charge in [-0.05, 0) is 35.9 Å². The SMILES string of the molecule is CN(C)c1ccc(NC(=O)COC(=O)CCN2C(=O)Cc3ccccc3C2=O)cc1. The number of fused-ring (bicyclic) bond motifs is 1. The van der Waals surface area contributed by atoms with Crippen LogP contribution in [0.2, 0.25) is 0 Å². The summed E-state index contributed by atoms with van der Waals surface area (Å²) in [7, 11) is 3.83. The van der Waals surface area contributed by atoms with Crippen LogP contribution < -0.4 is 10.2 Å². The van der Waals surface area contributed by atoms with Crippen LogP contribution in [-0.4, -0.2) is 55.8 Å². The van der Waals surface area contributed by atoms with Crippen LogP contribution in [0.25, 0.3) is 0 Å². The number of amides is 3. The lowest BCUT2D eigenvalue weighted by Crippen LogP contribution is -2.43. The van der Waals surface area contributed by atoms with E-state index in [9.17, 15) is 19.2 Å². The summed E-state index contributed by atoms with van der Waals surface area (Å²) in [4.78, 5) is 51.6. The molecule has 0 fully saturated rings. The molecule has 3 amide bonds. The summed E-state index contributed by atoms with van der Waals surface area (Å²) >= 11 is 0. The van der Waals surface area contributed by atoms with Gasteiger partial charge < -0.3 is 15.0 Å². The van der Waals surface area contributed by atoms with Crippen molar-refractivity contribution >= 4 is 35.1 Å². The molecule has 8 heteroatoms. The van der Waals surface area contributed by atoms with Gasteiger partial charge in [0.2, 0.25) is 5.91 Å². The summed E-state index contributed by atoms with van der Waals surface area (Å²) in [5.74, 6) is -1.91. The van der Waals surface area contributed by atoms with Crippen molar-refractivity contribution in [2.24, 2.45) is 0 Å². The number of carbonyl (C=O) groups excluding carboxylic acids is 4. The van der Waals surface area contributed by atoms with Gasteiger partial charge >= 0.3 is 5.97 Å². The Balaban J connectivity index is 1.45. The second-order valence-corrected chi connectivity index (χ2v) is 7.08.